The fourth-order valence-corrected chi connectivity index (χ4v) is 2.34. The number of aliphatic hydroxyl groups excluding tert-OH is 1. The minimum absolute atomic E-state index is 0.203. The molecular formula is C16H24N2O5. The van der Waals surface area contributed by atoms with Crippen molar-refractivity contribution in [2.75, 3.05) is 47.1 Å². The van der Waals surface area contributed by atoms with E-state index in [4.69, 9.17) is 14.2 Å². The summed E-state index contributed by atoms with van der Waals surface area (Å²) in [5.74, 6) is 1.51. The van der Waals surface area contributed by atoms with Crippen molar-refractivity contribution in [1.29, 1.82) is 0 Å². The summed E-state index contributed by atoms with van der Waals surface area (Å²) < 4.78 is 15.8. The number of ether oxygens (including phenoxy) is 3. The average molecular weight is 324 g/mol. The highest BCUT2D eigenvalue weighted by atomic mass is 16.6. The first-order chi connectivity index (χ1) is 11.1. The Kier molecular flexibility index (Phi) is 6.49. The Balaban J connectivity index is 1.75. The molecule has 0 saturated heterocycles. The number of nitrogens with one attached hydrogen (secondary N) is 1. The lowest BCUT2D eigenvalue weighted by atomic mass is 10.1. The number of urea groups is 1. The molecule has 0 aromatic heterocycles. The maximum atomic E-state index is 11.9. The number of carbonyl (C=O) groups excluding carboxylic acids is 1. The van der Waals surface area contributed by atoms with Crippen LogP contribution in [0.5, 0.6) is 11.5 Å². The lowest BCUT2D eigenvalue weighted by Gasteiger charge is -2.21. The van der Waals surface area contributed by atoms with Gasteiger partial charge in [-0.3, -0.25) is 0 Å². The molecule has 128 valence electrons. The highest BCUT2D eigenvalue weighted by Gasteiger charge is 2.14. The molecule has 0 aliphatic carbocycles. The number of nitrogens with zero attached hydrogens (tertiary/aromatic N) is 1. The number of hydrogen-bond acceptors (Lipinski definition) is 5. The molecule has 1 atom stereocenters. The van der Waals surface area contributed by atoms with E-state index >= 15 is 0 Å². The van der Waals surface area contributed by atoms with E-state index in [0.717, 1.165) is 17.1 Å². The van der Waals surface area contributed by atoms with Gasteiger partial charge in [0, 0.05) is 20.7 Å². The smallest absolute Gasteiger partial charge is 0.317 e. The molecule has 0 bridgehead atoms. The molecular weight excluding hydrogens is 300 g/mol. The zero-order chi connectivity index (χ0) is 16.7. The Morgan fingerprint density at radius 2 is 2.13 bits per heavy atom. The molecule has 2 N–H and O–H groups in total. The van der Waals surface area contributed by atoms with Crippen LogP contribution in [0.2, 0.25) is 0 Å². The Morgan fingerprint density at radius 1 is 1.39 bits per heavy atom. The van der Waals surface area contributed by atoms with Crippen molar-refractivity contribution in [3.05, 3.63) is 23.8 Å². The van der Waals surface area contributed by atoms with Gasteiger partial charge in [0.1, 0.15) is 13.2 Å². The average Bonchev–Trinajstić information content (AvgIpc) is 2.54. The third-order valence-electron chi connectivity index (χ3n) is 3.49. The Morgan fingerprint density at radius 3 is 2.87 bits per heavy atom. The molecule has 7 heteroatoms. The largest absolute Gasteiger partial charge is 0.486 e. The second kappa shape index (κ2) is 8.59. The predicted octanol–water partition coefficient (Wildman–Crippen LogP) is 0.649. The van der Waals surface area contributed by atoms with Crippen molar-refractivity contribution in [1.82, 2.24) is 10.2 Å². The molecule has 0 radical (unpaired) electrons. The van der Waals surface area contributed by atoms with E-state index < -0.39 is 6.10 Å². The maximum Gasteiger partial charge on any atom is 0.317 e. The number of amides is 2. The molecule has 2 amide bonds. The van der Waals surface area contributed by atoms with Gasteiger partial charge in [-0.25, -0.2) is 4.79 Å². The van der Waals surface area contributed by atoms with Gasteiger partial charge >= 0.3 is 6.03 Å². The van der Waals surface area contributed by atoms with Crippen LogP contribution in [-0.4, -0.2) is 69.2 Å². The van der Waals surface area contributed by atoms with E-state index in [1.165, 1.54) is 12.0 Å². The number of aliphatic hydroxyl groups is 1. The summed E-state index contributed by atoms with van der Waals surface area (Å²) in [4.78, 5) is 13.4. The van der Waals surface area contributed by atoms with Crippen molar-refractivity contribution in [3.63, 3.8) is 0 Å². The van der Waals surface area contributed by atoms with E-state index in [1.54, 1.807) is 7.05 Å². The van der Waals surface area contributed by atoms with Gasteiger partial charge < -0.3 is 29.5 Å². The number of benzene rings is 1. The van der Waals surface area contributed by atoms with Gasteiger partial charge in [-0.15, -0.1) is 0 Å². The van der Waals surface area contributed by atoms with Gasteiger partial charge in [0.15, 0.2) is 11.5 Å². The summed E-state index contributed by atoms with van der Waals surface area (Å²) in [7, 11) is 3.15. The number of carbonyl (C=O) groups is 1. The van der Waals surface area contributed by atoms with Crippen LogP contribution in [0.3, 0.4) is 0 Å². The molecule has 2 rings (SSSR count). The van der Waals surface area contributed by atoms with Gasteiger partial charge in [0.05, 0.1) is 19.3 Å². The van der Waals surface area contributed by atoms with E-state index in [2.05, 4.69) is 5.32 Å². The number of methoxy groups -OCH3 is 1. The molecule has 7 nitrogen and oxygen atoms in total. The highest BCUT2D eigenvalue weighted by Crippen LogP contribution is 2.30. The van der Waals surface area contributed by atoms with Crippen molar-refractivity contribution < 1.29 is 24.1 Å². The Bertz CT molecular complexity index is 523. The molecule has 1 heterocycles. The predicted molar refractivity (Wildman–Crippen MR) is 85.0 cm³/mol. The summed E-state index contributed by atoms with van der Waals surface area (Å²) in [6.07, 6.45) is 0.00478. The fourth-order valence-electron chi connectivity index (χ4n) is 2.34. The van der Waals surface area contributed by atoms with E-state index in [-0.39, 0.29) is 19.2 Å². The second-order valence-corrected chi connectivity index (χ2v) is 5.45. The molecule has 1 aromatic rings. The third-order valence-corrected chi connectivity index (χ3v) is 3.49. The van der Waals surface area contributed by atoms with Gasteiger partial charge in [-0.2, -0.15) is 0 Å². The molecule has 1 aliphatic heterocycles. The number of rotatable bonds is 7. The molecule has 1 aliphatic rings. The Hall–Kier alpha value is -1.99. The van der Waals surface area contributed by atoms with Crippen LogP contribution in [-0.2, 0) is 11.2 Å². The molecule has 23 heavy (non-hydrogen) atoms. The van der Waals surface area contributed by atoms with Gasteiger partial charge in [0.25, 0.3) is 0 Å². The quantitative estimate of drug-likeness (QED) is 0.770. The summed E-state index contributed by atoms with van der Waals surface area (Å²) in [5.41, 5.74) is 1.07. The van der Waals surface area contributed by atoms with Crippen LogP contribution in [0.25, 0.3) is 0 Å². The van der Waals surface area contributed by atoms with E-state index in [9.17, 15) is 9.90 Å². The zero-order valence-electron chi connectivity index (χ0n) is 13.6. The van der Waals surface area contributed by atoms with Crippen LogP contribution >= 0.6 is 0 Å². The summed E-state index contributed by atoms with van der Waals surface area (Å²) in [5, 5.41) is 12.4. The summed E-state index contributed by atoms with van der Waals surface area (Å²) in [6, 6.07) is 5.56. The standard InChI is InChI=1S/C16H24N2O5/c1-18(10-13(19)11-21-2)16(20)17-6-5-12-3-4-14-15(9-12)23-8-7-22-14/h3-4,9,13,19H,5-8,10-11H2,1-2H3,(H,17,20)/t13-/m1/s1. The summed E-state index contributed by atoms with van der Waals surface area (Å²) in [6.45, 7) is 2.06. The minimum Gasteiger partial charge on any atom is -0.486 e. The first-order valence-corrected chi connectivity index (χ1v) is 7.64. The van der Waals surface area contributed by atoms with Gasteiger partial charge in [-0.05, 0) is 24.1 Å². The van der Waals surface area contributed by atoms with Crippen molar-refractivity contribution >= 4 is 6.03 Å². The molecule has 0 saturated carbocycles. The van der Waals surface area contributed by atoms with Crippen LogP contribution in [0.4, 0.5) is 4.79 Å². The highest BCUT2D eigenvalue weighted by molar-refractivity contribution is 5.73. The molecule has 0 spiro atoms. The molecule has 0 fully saturated rings. The number of hydrogen-bond donors (Lipinski definition) is 2. The van der Waals surface area contributed by atoms with E-state index in [1.807, 2.05) is 18.2 Å². The number of fused-ring (bicyclic) bond motifs is 1. The first-order valence-electron chi connectivity index (χ1n) is 7.64. The topological polar surface area (TPSA) is 80.3 Å². The molecule has 1 aromatic carbocycles. The van der Waals surface area contributed by atoms with Crippen molar-refractivity contribution in [2.24, 2.45) is 0 Å². The van der Waals surface area contributed by atoms with Crippen LogP contribution < -0.4 is 14.8 Å². The van der Waals surface area contributed by atoms with Gasteiger partial charge in [-0.1, -0.05) is 6.07 Å². The lowest BCUT2D eigenvalue weighted by Crippen LogP contribution is -2.42. The maximum absolute atomic E-state index is 11.9. The van der Waals surface area contributed by atoms with E-state index in [0.29, 0.717) is 26.2 Å². The number of likely N-dealkylation sites (N-methyl/N-ethyl adjacent to an activating group) is 1. The second-order valence-electron chi connectivity index (χ2n) is 5.45. The van der Waals surface area contributed by atoms with Crippen LogP contribution in [0, 0.1) is 0 Å². The first kappa shape index (κ1) is 17.4. The van der Waals surface area contributed by atoms with Crippen LogP contribution in [0.1, 0.15) is 5.56 Å². The van der Waals surface area contributed by atoms with Crippen molar-refractivity contribution in [2.45, 2.75) is 12.5 Å². The van der Waals surface area contributed by atoms with Gasteiger partial charge in [0.2, 0.25) is 0 Å². The van der Waals surface area contributed by atoms with Crippen molar-refractivity contribution in [3.8, 4) is 11.5 Å². The normalized spacial score (nSPS) is 14.2. The monoisotopic (exact) mass is 324 g/mol. The molecule has 0 unspecified atom stereocenters. The fraction of sp³-hybridized carbons (Fsp3) is 0.562. The lowest BCUT2D eigenvalue weighted by molar-refractivity contribution is 0.0490. The third kappa shape index (κ3) is 5.30. The zero-order valence-corrected chi connectivity index (χ0v) is 13.6. The SMILES string of the molecule is COC[C@H](O)CN(C)C(=O)NCCc1ccc2c(c1)OCCO2. The summed E-state index contributed by atoms with van der Waals surface area (Å²) >= 11 is 0. The minimum atomic E-state index is -0.687. The Labute approximate surface area is 136 Å². The van der Waals surface area contributed by atoms with Crippen LogP contribution in [0.15, 0.2) is 18.2 Å².